The maximum Gasteiger partial charge on any atom is 0.303 e. The van der Waals surface area contributed by atoms with E-state index in [0.29, 0.717) is 12.8 Å². The Morgan fingerprint density at radius 3 is 2.21 bits per heavy atom. The van der Waals surface area contributed by atoms with E-state index < -0.39 is 0 Å². The number of carbonyl (C=O) groups excluding carboxylic acids is 3. The van der Waals surface area contributed by atoms with Gasteiger partial charge in [-0.3, -0.25) is 14.4 Å². The third kappa shape index (κ3) is 4.98. The fourth-order valence-electron chi connectivity index (χ4n) is 7.26. The van der Waals surface area contributed by atoms with Crippen molar-refractivity contribution in [1.82, 2.24) is 0 Å². The Balaban J connectivity index is 1.87. The molecule has 3 rings (SSSR count). The van der Waals surface area contributed by atoms with Crippen LogP contribution in [0.5, 0.6) is 0 Å². The lowest BCUT2D eigenvalue weighted by Crippen LogP contribution is -2.52. The molecule has 7 heteroatoms. The summed E-state index contributed by atoms with van der Waals surface area (Å²) < 4.78 is 16.6. The monoisotopic (exact) mass is 464 g/mol. The molecule has 0 spiro atoms. The van der Waals surface area contributed by atoms with Crippen LogP contribution in [0.15, 0.2) is 12.2 Å². The van der Waals surface area contributed by atoms with Crippen molar-refractivity contribution in [3.8, 4) is 0 Å². The summed E-state index contributed by atoms with van der Waals surface area (Å²) in [7, 11) is 0. The van der Waals surface area contributed by atoms with E-state index in [1.807, 2.05) is 0 Å². The second-order valence-electron chi connectivity index (χ2n) is 10.9. The van der Waals surface area contributed by atoms with Crippen molar-refractivity contribution in [3.63, 3.8) is 0 Å². The van der Waals surface area contributed by atoms with Gasteiger partial charge in [0.15, 0.2) is 0 Å². The summed E-state index contributed by atoms with van der Waals surface area (Å²) in [6, 6.07) is 0. The highest BCUT2D eigenvalue weighted by atomic mass is 16.5. The molecular weight excluding hydrogens is 424 g/mol. The van der Waals surface area contributed by atoms with Gasteiger partial charge >= 0.3 is 17.9 Å². The Hall–Kier alpha value is -1.89. The standard InChI is InChI=1S/C26H40O7/c1-15-24(33-18(4)30)12-23-21(13-27)22(8-10-25(15,23)5)26(6)9-7-20(32-17(3)29)11-19(26)14-31-16(2)28/h19-24,27H,1,7-14H2,2-6H3/t19-,20+,21-,22+,23+,24+,25-,26+/m1/s1. The second kappa shape index (κ2) is 9.77. The topological polar surface area (TPSA) is 99.1 Å². The number of carbonyl (C=O) groups is 3. The van der Waals surface area contributed by atoms with E-state index in [4.69, 9.17) is 14.2 Å². The Bertz CT molecular complexity index is 792. The van der Waals surface area contributed by atoms with Crippen LogP contribution in [-0.4, -0.2) is 48.4 Å². The predicted octanol–water partition coefficient (Wildman–Crippen LogP) is 3.82. The highest BCUT2D eigenvalue weighted by Gasteiger charge is 2.59. The van der Waals surface area contributed by atoms with Crippen LogP contribution in [0.25, 0.3) is 0 Å². The van der Waals surface area contributed by atoms with Crippen LogP contribution in [0, 0.1) is 34.5 Å². The average molecular weight is 465 g/mol. The molecule has 0 unspecified atom stereocenters. The van der Waals surface area contributed by atoms with Crippen LogP contribution >= 0.6 is 0 Å². The molecule has 0 amide bonds. The van der Waals surface area contributed by atoms with Gasteiger partial charge in [0, 0.05) is 33.3 Å². The smallest absolute Gasteiger partial charge is 0.303 e. The quantitative estimate of drug-likeness (QED) is 0.362. The first kappa shape index (κ1) is 25.7. The summed E-state index contributed by atoms with van der Waals surface area (Å²) >= 11 is 0. The molecule has 1 N–H and O–H groups in total. The maximum atomic E-state index is 11.7. The fraction of sp³-hybridized carbons (Fsp3) is 0.808. The average Bonchev–Trinajstić information content (AvgIpc) is 2.97. The first-order chi connectivity index (χ1) is 15.4. The molecule has 7 nitrogen and oxygen atoms in total. The summed E-state index contributed by atoms with van der Waals surface area (Å²) in [5.74, 6) is -0.500. The summed E-state index contributed by atoms with van der Waals surface area (Å²) in [6.45, 7) is 13.3. The number of aliphatic hydroxyl groups is 1. The first-order valence-electron chi connectivity index (χ1n) is 12.2. The molecule has 0 radical (unpaired) electrons. The van der Waals surface area contributed by atoms with E-state index >= 15 is 0 Å². The van der Waals surface area contributed by atoms with Crippen LogP contribution in [0.3, 0.4) is 0 Å². The minimum atomic E-state index is -0.321. The van der Waals surface area contributed by atoms with E-state index in [2.05, 4.69) is 20.4 Å². The van der Waals surface area contributed by atoms with E-state index in [-0.39, 0.29) is 77.8 Å². The van der Waals surface area contributed by atoms with Gasteiger partial charge in [-0.15, -0.1) is 0 Å². The molecule has 0 aromatic rings. The molecular formula is C26H40O7. The van der Waals surface area contributed by atoms with Crippen LogP contribution in [0.1, 0.15) is 73.1 Å². The molecule has 3 aliphatic rings. The van der Waals surface area contributed by atoms with Gasteiger partial charge in [0.1, 0.15) is 12.2 Å². The molecule has 0 aliphatic heterocycles. The number of ether oxygens (including phenoxy) is 3. The fourth-order valence-corrected chi connectivity index (χ4v) is 7.26. The zero-order chi connectivity index (χ0) is 24.6. The molecule has 186 valence electrons. The SMILES string of the molecule is C=C1[C@@H](OC(C)=O)C[C@H]2[C@H](CO)[C@@H]([C@@]3(C)CC[C@H](OC(C)=O)C[C@@H]3COC(C)=O)CC[C@]12C. The van der Waals surface area contributed by atoms with Crippen molar-refractivity contribution >= 4 is 17.9 Å². The normalized spacial score (nSPS) is 40.6. The lowest BCUT2D eigenvalue weighted by molar-refractivity contribution is -0.162. The van der Waals surface area contributed by atoms with Gasteiger partial charge in [0.05, 0.1) is 6.61 Å². The predicted molar refractivity (Wildman–Crippen MR) is 122 cm³/mol. The minimum absolute atomic E-state index is 0.0242. The lowest BCUT2D eigenvalue weighted by Gasteiger charge is -2.56. The van der Waals surface area contributed by atoms with Crippen molar-refractivity contribution in [3.05, 3.63) is 12.2 Å². The zero-order valence-corrected chi connectivity index (χ0v) is 20.7. The number of aliphatic hydroxyl groups excluding tert-OH is 1. The lowest BCUT2D eigenvalue weighted by atomic mass is 9.49. The van der Waals surface area contributed by atoms with Crippen molar-refractivity contribution in [2.75, 3.05) is 13.2 Å². The summed E-state index contributed by atoms with van der Waals surface area (Å²) in [5.41, 5.74) is 0.599. The molecule has 8 atom stereocenters. The molecule has 0 saturated heterocycles. The summed E-state index contributed by atoms with van der Waals surface area (Å²) in [4.78, 5) is 34.8. The van der Waals surface area contributed by atoms with Gasteiger partial charge in [-0.1, -0.05) is 20.4 Å². The maximum absolute atomic E-state index is 11.7. The number of esters is 3. The molecule has 3 aliphatic carbocycles. The van der Waals surface area contributed by atoms with Gasteiger partial charge in [-0.05, 0) is 72.7 Å². The van der Waals surface area contributed by atoms with Crippen molar-refractivity contribution < 1.29 is 33.7 Å². The Kier molecular flexibility index (Phi) is 7.62. The van der Waals surface area contributed by atoms with Gasteiger partial charge in [0.25, 0.3) is 0 Å². The molecule has 33 heavy (non-hydrogen) atoms. The van der Waals surface area contributed by atoms with E-state index in [1.165, 1.54) is 20.8 Å². The highest BCUT2D eigenvalue weighted by molar-refractivity contribution is 5.67. The van der Waals surface area contributed by atoms with Crippen LogP contribution < -0.4 is 0 Å². The van der Waals surface area contributed by atoms with Gasteiger partial charge in [0.2, 0.25) is 0 Å². The number of rotatable bonds is 6. The molecule has 3 saturated carbocycles. The number of hydrogen-bond acceptors (Lipinski definition) is 7. The molecule has 0 bridgehead atoms. The van der Waals surface area contributed by atoms with E-state index in [9.17, 15) is 19.5 Å². The van der Waals surface area contributed by atoms with Crippen molar-refractivity contribution in [1.29, 1.82) is 0 Å². The van der Waals surface area contributed by atoms with E-state index in [1.54, 1.807) is 0 Å². The Labute approximate surface area is 197 Å². The zero-order valence-electron chi connectivity index (χ0n) is 20.7. The second-order valence-corrected chi connectivity index (χ2v) is 10.9. The van der Waals surface area contributed by atoms with Gasteiger partial charge < -0.3 is 19.3 Å². The Morgan fingerprint density at radius 1 is 0.970 bits per heavy atom. The number of fused-ring (bicyclic) bond motifs is 1. The van der Waals surface area contributed by atoms with Crippen LogP contribution in [-0.2, 0) is 28.6 Å². The highest BCUT2D eigenvalue weighted by Crippen LogP contribution is 2.63. The molecule has 0 aromatic carbocycles. The van der Waals surface area contributed by atoms with Crippen LogP contribution in [0.4, 0.5) is 0 Å². The van der Waals surface area contributed by atoms with Crippen molar-refractivity contribution in [2.24, 2.45) is 34.5 Å². The van der Waals surface area contributed by atoms with E-state index in [0.717, 1.165) is 31.3 Å². The third-order valence-corrected chi connectivity index (χ3v) is 9.09. The summed E-state index contributed by atoms with van der Waals surface area (Å²) in [5, 5.41) is 10.6. The van der Waals surface area contributed by atoms with Gasteiger partial charge in [-0.2, -0.15) is 0 Å². The minimum Gasteiger partial charge on any atom is -0.466 e. The molecule has 0 aromatic heterocycles. The number of hydrogen-bond donors (Lipinski definition) is 1. The molecule has 3 fully saturated rings. The van der Waals surface area contributed by atoms with Crippen molar-refractivity contribution in [2.45, 2.75) is 85.4 Å². The summed E-state index contributed by atoms with van der Waals surface area (Å²) in [6.07, 6.45) is 4.24. The Morgan fingerprint density at radius 2 is 1.64 bits per heavy atom. The molecule has 0 heterocycles. The largest absolute Gasteiger partial charge is 0.466 e. The van der Waals surface area contributed by atoms with Gasteiger partial charge in [-0.25, -0.2) is 0 Å². The third-order valence-electron chi connectivity index (χ3n) is 9.09. The van der Waals surface area contributed by atoms with Crippen LogP contribution in [0.2, 0.25) is 0 Å². The first-order valence-corrected chi connectivity index (χ1v) is 12.2.